The first kappa shape index (κ1) is 25.0. The normalized spacial score (nSPS) is 23.1. The summed E-state index contributed by atoms with van der Waals surface area (Å²) in [6, 6.07) is 11.9. The Hall–Kier alpha value is -3.62. The SMILES string of the molecule is C=CCOc1cccc([C@H]2/C(=C(\O)c3ccc4c(c3)C[C@H](C)O4)C(=O)C(=O)N2CCN2CCOCC2)c1. The van der Waals surface area contributed by atoms with Crippen molar-refractivity contribution in [3.05, 3.63) is 77.4 Å². The molecule has 1 amide bonds. The molecule has 8 heteroatoms. The minimum Gasteiger partial charge on any atom is -0.507 e. The molecule has 0 unspecified atom stereocenters. The fourth-order valence-electron chi connectivity index (χ4n) is 5.19. The van der Waals surface area contributed by atoms with Crippen LogP contribution in [-0.2, 0) is 20.7 Å². The van der Waals surface area contributed by atoms with Crippen LogP contribution in [0.3, 0.4) is 0 Å². The van der Waals surface area contributed by atoms with Crippen LogP contribution in [0.4, 0.5) is 0 Å². The van der Waals surface area contributed by atoms with Crippen LogP contribution in [0.2, 0.25) is 0 Å². The maximum absolute atomic E-state index is 13.4. The minimum absolute atomic E-state index is 0.0523. The first-order valence-corrected chi connectivity index (χ1v) is 12.7. The van der Waals surface area contributed by atoms with Gasteiger partial charge in [0.1, 0.15) is 30.0 Å². The molecule has 8 nitrogen and oxygen atoms in total. The number of Topliss-reactive ketones (excluding diaryl/α,β-unsaturated/α-hetero) is 1. The summed E-state index contributed by atoms with van der Waals surface area (Å²) in [5.74, 6) is -0.113. The fraction of sp³-hybridized carbons (Fsp3) is 0.379. The van der Waals surface area contributed by atoms with Gasteiger partial charge in [0.15, 0.2) is 0 Å². The maximum atomic E-state index is 13.4. The van der Waals surface area contributed by atoms with E-state index in [4.69, 9.17) is 14.2 Å². The molecule has 0 spiro atoms. The summed E-state index contributed by atoms with van der Waals surface area (Å²) in [6.45, 7) is 9.79. The van der Waals surface area contributed by atoms with Gasteiger partial charge in [-0.15, -0.1) is 0 Å². The van der Waals surface area contributed by atoms with Crippen molar-refractivity contribution >= 4 is 17.4 Å². The molecule has 2 fully saturated rings. The monoisotopic (exact) mass is 504 g/mol. The number of amides is 1. The third-order valence-electron chi connectivity index (χ3n) is 7.01. The number of aliphatic hydroxyl groups is 1. The number of nitrogens with zero attached hydrogens (tertiary/aromatic N) is 2. The molecule has 2 saturated heterocycles. The zero-order valence-corrected chi connectivity index (χ0v) is 21.0. The Morgan fingerprint density at radius 3 is 2.76 bits per heavy atom. The number of carbonyl (C=O) groups excluding carboxylic acids is 2. The van der Waals surface area contributed by atoms with E-state index in [1.165, 1.54) is 0 Å². The number of carbonyl (C=O) groups is 2. The third-order valence-corrected chi connectivity index (χ3v) is 7.01. The van der Waals surface area contributed by atoms with Gasteiger partial charge in [0, 0.05) is 38.2 Å². The van der Waals surface area contributed by atoms with Crippen molar-refractivity contribution in [2.24, 2.45) is 0 Å². The first-order valence-electron chi connectivity index (χ1n) is 12.7. The van der Waals surface area contributed by atoms with Crippen molar-refractivity contribution in [3.63, 3.8) is 0 Å². The number of aliphatic hydroxyl groups excluding tert-OH is 1. The standard InChI is InChI=1S/C29H32N2O6/c1-3-13-36-23-6-4-5-20(18-23)26-25(27(32)21-7-8-24-22(17-21)16-19(2)37-24)28(33)29(34)31(26)10-9-30-11-14-35-15-12-30/h3-8,17-19,26,32H,1,9-16H2,2H3/b27-25+/t19-,26-/m0/s1. The predicted octanol–water partition coefficient (Wildman–Crippen LogP) is 3.33. The molecule has 0 saturated carbocycles. The summed E-state index contributed by atoms with van der Waals surface area (Å²) in [5.41, 5.74) is 2.24. The molecule has 2 aromatic carbocycles. The van der Waals surface area contributed by atoms with E-state index in [9.17, 15) is 14.7 Å². The number of hydrogen-bond donors (Lipinski definition) is 1. The summed E-state index contributed by atoms with van der Waals surface area (Å²) in [5, 5.41) is 11.5. The Morgan fingerprint density at radius 1 is 1.16 bits per heavy atom. The number of fused-ring (bicyclic) bond motifs is 1. The van der Waals surface area contributed by atoms with Gasteiger partial charge < -0.3 is 24.2 Å². The summed E-state index contributed by atoms with van der Waals surface area (Å²) < 4.78 is 16.9. The number of rotatable bonds is 8. The van der Waals surface area contributed by atoms with Gasteiger partial charge in [-0.05, 0) is 48.4 Å². The van der Waals surface area contributed by atoms with Crippen molar-refractivity contribution in [2.45, 2.75) is 25.5 Å². The highest BCUT2D eigenvalue weighted by Gasteiger charge is 2.46. The van der Waals surface area contributed by atoms with Crippen molar-refractivity contribution < 1.29 is 28.9 Å². The molecule has 0 bridgehead atoms. The quantitative estimate of drug-likeness (QED) is 0.255. The summed E-state index contributed by atoms with van der Waals surface area (Å²) >= 11 is 0. The minimum atomic E-state index is -0.739. The summed E-state index contributed by atoms with van der Waals surface area (Å²) in [6.07, 6.45) is 2.42. The molecule has 0 radical (unpaired) electrons. The van der Waals surface area contributed by atoms with Crippen LogP contribution in [0.15, 0.2) is 60.7 Å². The second-order valence-electron chi connectivity index (χ2n) is 9.57. The number of likely N-dealkylation sites (tertiary alicyclic amines) is 1. The van der Waals surface area contributed by atoms with Crippen LogP contribution in [0.5, 0.6) is 11.5 Å². The number of ketones is 1. The first-order chi connectivity index (χ1) is 18.0. The van der Waals surface area contributed by atoms with E-state index in [0.717, 1.165) is 30.8 Å². The lowest BCUT2D eigenvalue weighted by atomic mass is 9.94. The Kier molecular flexibility index (Phi) is 7.30. The lowest BCUT2D eigenvalue weighted by Crippen LogP contribution is -2.42. The molecule has 3 aliphatic rings. The average molecular weight is 505 g/mol. The highest BCUT2D eigenvalue weighted by atomic mass is 16.5. The molecule has 0 aromatic heterocycles. The van der Waals surface area contributed by atoms with Gasteiger partial charge in [0.25, 0.3) is 11.7 Å². The zero-order valence-electron chi connectivity index (χ0n) is 21.0. The topological polar surface area (TPSA) is 88.5 Å². The van der Waals surface area contributed by atoms with Crippen LogP contribution >= 0.6 is 0 Å². The molecule has 3 heterocycles. The number of benzene rings is 2. The molecule has 37 heavy (non-hydrogen) atoms. The van der Waals surface area contributed by atoms with Crippen LogP contribution in [0.1, 0.15) is 29.7 Å². The fourth-order valence-corrected chi connectivity index (χ4v) is 5.19. The molecule has 2 atom stereocenters. The second kappa shape index (κ2) is 10.8. The lowest BCUT2D eigenvalue weighted by Gasteiger charge is -2.31. The zero-order chi connectivity index (χ0) is 25.9. The molecule has 2 aromatic rings. The number of ether oxygens (including phenoxy) is 3. The number of morpholine rings is 1. The predicted molar refractivity (Wildman–Crippen MR) is 139 cm³/mol. The van der Waals surface area contributed by atoms with Crippen LogP contribution in [0, 0.1) is 0 Å². The van der Waals surface area contributed by atoms with E-state index >= 15 is 0 Å². The average Bonchev–Trinajstić information content (AvgIpc) is 3.41. The van der Waals surface area contributed by atoms with Crippen LogP contribution in [-0.4, -0.2) is 78.7 Å². The largest absolute Gasteiger partial charge is 0.507 e. The highest BCUT2D eigenvalue weighted by molar-refractivity contribution is 6.46. The van der Waals surface area contributed by atoms with Crippen molar-refractivity contribution in [3.8, 4) is 11.5 Å². The summed E-state index contributed by atoms with van der Waals surface area (Å²) in [4.78, 5) is 30.5. The van der Waals surface area contributed by atoms with Crippen molar-refractivity contribution in [2.75, 3.05) is 46.0 Å². The van der Waals surface area contributed by atoms with Gasteiger partial charge in [-0.1, -0.05) is 24.8 Å². The van der Waals surface area contributed by atoms with E-state index < -0.39 is 17.7 Å². The molecule has 5 rings (SSSR count). The Morgan fingerprint density at radius 2 is 1.97 bits per heavy atom. The van der Waals surface area contributed by atoms with Crippen LogP contribution in [0.25, 0.3) is 5.76 Å². The van der Waals surface area contributed by atoms with Crippen LogP contribution < -0.4 is 9.47 Å². The smallest absolute Gasteiger partial charge is 0.295 e. The van der Waals surface area contributed by atoms with Gasteiger partial charge >= 0.3 is 0 Å². The van der Waals surface area contributed by atoms with E-state index in [-0.39, 0.29) is 17.4 Å². The molecule has 1 N–H and O–H groups in total. The molecular formula is C29H32N2O6. The van der Waals surface area contributed by atoms with Crippen molar-refractivity contribution in [1.82, 2.24) is 9.80 Å². The Labute approximate surface area is 216 Å². The van der Waals surface area contributed by atoms with Gasteiger partial charge in [0.2, 0.25) is 0 Å². The van der Waals surface area contributed by atoms with Gasteiger partial charge in [0.05, 0.1) is 24.8 Å². The van der Waals surface area contributed by atoms with Gasteiger partial charge in [-0.2, -0.15) is 0 Å². The molecule has 0 aliphatic carbocycles. The third kappa shape index (κ3) is 5.12. The Balaban J connectivity index is 1.54. The molecule has 3 aliphatic heterocycles. The summed E-state index contributed by atoms with van der Waals surface area (Å²) in [7, 11) is 0. The Bertz CT molecular complexity index is 1230. The molecular weight excluding hydrogens is 472 g/mol. The highest BCUT2D eigenvalue weighted by Crippen LogP contribution is 2.41. The molecule has 194 valence electrons. The van der Waals surface area contributed by atoms with E-state index in [2.05, 4.69) is 11.5 Å². The number of hydrogen-bond acceptors (Lipinski definition) is 7. The maximum Gasteiger partial charge on any atom is 0.295 e. The van der Waals surface area contributed by atoms with Gasteiger partial charge in [-0.25, -0.2) is 0 Å². The van der Waals surface area contributed by atoms with E-state index in [0.29, 0.717) is 49.8 Å². The second-order valence-corrected chi connectivity index (χ2v) is 9.57. The van der Waals surface area contributed by atoms with Crippen molar-refractivity contribution in [1.29, 1.82) is 0 Å². The lowest BCUT2D eigenvalue weighted by molar-refractivity contribution is -0.140. The van der Waals surface area contributed by atoms with E-state index in [1.54, 1.807) is 23.1 Å². The van der Waals surface area contributed by atoms with Gasteiger partial charge in [-0.3, -0.25) is 14.5 Å². The van der Waals surface area contributed by atoms with E-state index in [1.807, 2.05) is 37.3 Å².